The molecule has 2 aliphatic rings. The van der Waals surface area contributed by atoms with Gasteiger partial charge in [-0.2, -0.15) is 0 Å². The van der Waals surface area contributed by atoms with Crippen molar-refractivity contribution in [2.24, 2.45) is 29.6 Å². The molecule has 2 heteroatoms. The molecule has 2 bridgehead atoms. The SMILES string of the molecule is C=C(O)C1C2CC(C)C(C2)C1C(C)=O. The second kappa shape index (κ2) is 3.11. The average molecular weight is 194 g/mol. The Bertz CT molecular complexity index is 282. The summed E-state index contributed by atoms with van der Waals surface area (Å²) in [6, 6.07) is 0. The largest absolute Gasteiger partial charge is 0.513 e. The molecule has 0 saturated heterocycles. The van der Waals surface area contributed by atoms with Crippen molar-refractivity contribution in [3.05, 3.63) is 12.3 Å². The molecule has 14 heavy (non-hydrogen) atoms. The van der Waals surface area contributed by atoms with Crippen LogP contribution >= 0.6 is 0 Å². The second-order valence-corrected chi connectivity index (χ2v) is 5.03. The summed E-state index contributed by atoms with van der Waals surface area (Å²) in [4.78, 5) is 11.5. The first kappa shape index (κ1) is 9.75. The summed E-state index contributed by atoms with van der Waals surface area (Å²) in [7, 11) is 0. The van der Waals surface area contributed by atoms with E-state index in [4.69, 9.17) is 0 Å². The lowest BCUT2D eigenvalue weighted by Crippen LogP contribution is -2.32. The third-order valence-electron chi connectivity index (χ3n) is 4.19. The Morgan fingerprint density at radius 2 is 2.00 bits per heavy atom. The van der Waals surface area contributed by atoms with Crippen LogP contribution in [0.3, 0.4) is 0 Å². The fraction of sp³-hybridized carbons (Fsp3) is 0.750. The van der Waals surface area contributed by atoms with Gasteiger partial charge in [0.05, 0.1) is 5.76 Å². The molecule has 0 amide bonds. The van der Waals surface area contributed by atoms with Crippen molar-refractivity contribution in [1.29, 1.82) is 0 Å². The summed E-state index contributed by atoms with van der Waals surface area (Å²) >= 11 is 0. The first-order chi connectivity index (χ1) is 6.52. The Hall–Kier alpha value is -0.790. The Labute approximate surface area is 85.0 Å². The molecule has 2 nitrogen and oxygen atoms in total. The van der Waals surface area contributed by atoms with Crippen molar-refractivity contribution >= 4 is 5.78 Å². The molecule has 2 rings (SSSR count). The molecule has 0 aromatic rings. The van der Waals surface area contributed by atoms with E-state index in [0.29, 0.717) is 17.8 Å². The summed E-state index contributed by atoms with van der Waals surface area (Å²) in [6.07, 6.45) is 2.26. The lowest BCUT2D eigenvalue weighted by molar-refractivity contribution is -0.124. The Morgan fingerprint density at radius 3 is 2.50 bits per heavy atom. The zero-order valence-electron chi connectivity index (χ0n) is 8.86. The van der Waals surface area contributed by atoms with Gasteiger partial charge in [0.25, 0.3) is 0 Å². The highest BCUT2D eigenvalue weighted by Gasteiger charge is 2.53. The quantitative estimate of drug-likeness (QED) is 0.686. The summed E-state index contributed by atoms with van der Waals surface area (Å²) in [6.45, 7) is 7.48. The van der Waals surface area contributed by atoms with Crippen LogP contribution in [0.15, 0.2) is 12.3 Å². The highest BCUT2D eigenvalue weighted by Crippen LogP contribution is 2.56. The van der Waals surface area contributed by atoms with Crippen molar-refractivity contribution in [3.63, 3.8) is 0 Å². The minimum Gasteiger partial charge on any atom is -0.513 e. The number of hydrogen-bond acceptors (Lipinski definition) is 2. The molecular formula is C12H18O2. The van der Waals surface area contributed by atoms with Gasteiger partial charge < -0.3 is 5.11 Å². The predicted molar refractivity (Wildman–Crippen MR) is 54.8 cm³/mol. The molecule has 0 radical (unpaired) electrons. The number of carbonyl (C=O) groups is 1. The molecule has 2 aliphatic carbocycles. The van der Waals surface area contributed by atoms with Crippen LogP contribution in [0.4, 0.5) is 0 Å². The first-order valence-electron chi connectivity index (χ1n) is 5.40. The number of carbonyl (C=O) groups excluding carboxylic acids is 1. The first-order valence-corrected chi connectivity index (χ1v) is 5.40. The number of allylic oxidation sites excluding steroid dienone is 1. The van der Waals surface area contributed by atoms with E-state index < -0.39 is 0 Å². The fourth-order valence-electron chi connectivity index (χ4n) is 3.72. The molecule has 5 atom stereocenters. The van der Waals surface area contributed by atoms with Crippen molar-refractivity contribution < 1.29 is 9.90 Å². The fourth-order valence-corrected chi connectivity index (χ4v) is 3.72. The third-order valence-corrected chi connectivity index (χ3v) is 4.19. The normalized spacial score (nSPS) is 45.4. The van der Waals surface area contributed by atoms with Crippen molar-refractivity contribution in [2.45, 2.75) is 26.7 Å². The summed E-state index contributed by atoms with van der Waals surface area (Å²) in [5.41, 5.74) is 0. The molecule has 0 aliphatic heterocycles. The van der Waals surface area contributed by atoms with E-state index >= 15 is 0 Å². The maximum atomic E-state index is 11.5. The molecule has 2 saturated carbocycles. The summed E-state index contributed by atoms with van der Waals surface area (Å²) in [5, 5.41) is 9.53. The minimum absolute atomic E-state index is 0.0428. The van der Waals surface area contributed by atoms with Gasteiger partial charge in [0.2, 0.25) is 0 Å². The van der Waals surface area contributed by atoms with E-state index in [2.05, 4.69) is 13.5 Å². The maximum absolute atomic E-state index is 11.5. The van der Waals surface area contributed by atoms with Crippen LogP contribution in [0.2, 0.25) is 0 Å². The van der Waals surface area contributed by atoms with Crippen LogP contribution in [-0.4, -0.2) is 10.9 Å². The molecule has 0 aromatic carbocycles. The Kier molecular flexibility index (Phi) is 2.17. The topological polar surface area (TPSA) is 37.3 Å². The molecule has 2 fully saturated rings. The van der Waals surface area contributed by atoms with Crippen molar-refractivity contribution in [1.82, 2.24) is 0 Å². The van der Waals surface area contributed by atoms with Gasteiger partial charge in [-0.25, -0.2) is 0 Å². The second-order valence-electron chi connectivity index (χ2n) is 5.03. The maximum Gasteiger partial charge on any atom is 0.133 e. The predicted octanol–water partition coefficient (Wildman–Crippen LogP) is 2.56. The van der Waals surface area contributed by atoms with E-state index in [1.807, 2.05) is 0 Å². The average Bonchev–Trinajstić information content (AvgIpc) is 2.58. The molecule has 0 aromatic heterocycles. The van der Waals surface area contributed by atoms with E-state index in [0.717, 1.165) is 12.8 Å². The van der Waals surface area contributed by atoms with Crippen LogP contribution in [0.1, 0.15) is 26.7 Å². The number of ketones is 1. The lowest BCUT2D eigenvalue weighted by Gasteiger charge is -2.32. The number of hydrogen-bond donors (Lipinski definition) is 1. The lowest BCUT2D eigenvalue weighted by atomic mass is 9.72. The number of aliphatic hydroxyl groups is 1. The van der Waals surface area contributed by atoms with E-state index in [-0.39, 0.29) is 23.4 Å². The number of rotatable bonds is 2. The summed E-state index contributed by atoms with van der Waals surface area (Å²) < 4.78 is 0. The molecule has 78 valence electrons. The van der Waals surface area contributed by atoms with Gasteiger partial charge in [0.15, 0.2) is 0 Å². The Balaban J connectivity index is 2.27. The number of fused-ring (bicyclic) bond motifs is 2. The minimum atomic E-state index is 0.0428. The van der Waals surface area contributed by atoms with Gasteiger partial charge in [-0.05, 0) is 37.5 Å². The van der Waals surface area contributed by atoms with Crippen molar-refractivity contribution in [2.75, 3.05) is 0 Å². The zero-order valence-corrected chi connectivity index (χ0v) is 8.86. The number of aliphatic hydroxyl groups excluding tert-OH is 1. The van der Waals surface area contributed by atoms with Gasteiger partial charge in [-0.15, -0.1) is 0 Å². The van der Waals surface area contributed by atoms with Crippen LogP contribution in [0.5, 0.6) is 0 Å². The monoisotopic (exact) mass is 194 g/mol. The van der Waals surface area contributed by atoms with Gasteiger partial charge in [-0.1, -0.05) is 13.5 Å². The molecular weight excluding hydrogens is 176 g/mol. The third kappa shape index (κ3) is 1.20. The van der Waals surface area contributed by atoms with Crippen LogP contribution in [0, 0.1) is 29.6 Å². The van der Waals surface area contributed by atoms with Gasteiger partial charge in [0, 0.05) is 11.8 Å². The van der Waals surface area contributed by atoms with Crippen molar-refractivity contribution in [3.8, 4) is 0 Å². The van der Waals surface area contributed by atoms with E-state index in [1.165, 1.54) is 0 Å². The van der Waals surface area contributed by atoms with Gasteiger partial charge in [-0.3, -0.25) is 4.79 Å². The smallest absolute Gasteiger partial charge is 0.133 e. The van der Waals surface area contributed by atoms with Gasteiger partial charge >= 0.3 is 0 Å². The Morgan fingerprint density at radius 1 is 1.36 bits per heavy atom. The molecule has 0 heterocycles. The van der Waals surface area contributed by atoms with Crippen LogP contribution in [0.25, 0.3) is 0 Å². The molecule has 5 unspecified atom stereocenters. The highest BCUT2D eigenvalue weighted by molar-refractivity contribution is 5.80. The summed E-state index contributed by atoms with van der Waals surface area (Å²) in [5.74, 6) is 2.18. The van der Waals surface area contributed by atoms with E-state index in [1.54, 1.807) is 6.92 Å². The standard InChI is InChI=1S/C12H18O2/c1-6-4-9-5-10(6)12(8(3)14)11(9)7(2)13/h6,9-13H,2,4-5H2,1,3H3. The molecule has 1 N–H and O–H groups in total. The zero-order chi connectivity index (χ0) is 10.5. The number of Topliss-reactive ketones (excluding diaryl/α,β-unsaturated/α-hetero) is 1. The van der Waals surface area contributed by atoms with Crippen LogP contribution in [-0.2, 0) is 4.79 Å². The van der Waals surface area contributed by atoms with Crippen LogP contribution < -0.4 is 0 Å². The van der Waals surface area contributed by atoms with Gasteiger partial charge in [0.1, 0.15) is 5.78 Å². The van der Waals surface area contributed by atoms with E-state index in [9.17, 15) is 9.90 Å². The highest BCUT2D eigenvalue weighted by atomic mass is 16.3. The molecule has 0 spiro atoms.